The summed E-state index contributed by atoms with van der Waals surface area (Å²) in [5, 5.41) is 9.27. The predicted octanol–water partition coefficient (Wildman–Crippen LogP) is 2.38. The van der Waals surface area contributed by atoms with Gasteiger partial charge in [0.2, 0.25) is 0 Å². The van der Waals surface area contributed by atoms with E-state index in [-0.39, 0.29) is 0 Å². The van der Waals surface area contributed by atoms with Gasteiger partial charge in [-0.2, -0.15) is 0 Å². The van der Waals surface area contributed by atoms with E-state index in [0.29, 0.717) is 17.8 Å². The Hall–Kier alpha value is -1.06. The van der Waals surface area contributed by atoms with Gasteiger partial charge in [-0.25, -0.2) is 0 Å². The molecule has 1 aromatic rings. The lowest BCUT2D eigenvalue weighted by Gasteiger charge is -2.32. The molecular weight excluding hydrogens is 236 g/mol. The summed E-state index contributed by atoms with van der Waals surface area (Å²) in [7, 11) is 2.21. The lowest BCUT2D eigenvalue weighted by Crippen LogP contribution is -2.44. The van der Waals surface area contributed by atoms with Crippen molar-refractivity contribution in [2.24, 2.45) is 11.7 Å². The van der Waals surface area contributed by atoms with Gasteiger partial charge >= 0.3 is 0 Å². The quantitative estimate of drug-likeness (QED) is 0.793. The molecule has 1 fully saturated rings. The Morgan fingerprint density at radius 1 is 1.32 bits per heavy atom. The molecule has 0 heterocycles. The molecule has 106 valence electrons. The first-order valence-electron chi connectivity index (χ1n) is 7.31. The van der Waals surface area contributed by atoms with Crippen LogP contribution in [0.3, 0.4) is 0 Å². The first-order chi connectivity index (χ1) is 9.11. The van der Waals surface area contributed by atoms with E-state index in [9.17, 15) is 5.11 Å². The maximum atomic E-state index is 9.27. The number of aromatic hydroxyl groups is 1. The van der Waals surface area contributed by atoms with Gasteiger partial charge in [0.1, 0.15) is 5.75 Å². The molecule has 0 bridgehead atoms. The topological polar surface area (TPSA) is 49.5 Å². The SMILES string of the molecule is CC(CCc1ccc(O)cc1)N(C)C(CN)C1CC1. The van der Waals surface area contributed by atoms with Gasteiger partial charge in [-0.1, -0.05) is 12.1 Å². The van der Waals surface area contributed by atoms with Crippen molar-refractivity contribution in [1.29, 1.82) is 0 Å². The number of phenols is 1. The van der Waals surface area contributed by atoms with Crippen molar-refractivity contribution in [2.45, 2.75) is 44.7 Å². The molecule has 0 aromatic heterocycles. The zero-order valence-corrected chi connectivity index (χ0v) is 12.0. The maximum absolute atomic E-state index is 9.27. The average Bonchev–Trinajstić information content (AvgIpc) is 3.23. The number of nitrogens with zero attached hydrogens (tertiary/aromatic N) is 1. The lowest BCUT2D eigenvalue weighted by molar-refractivity contribution is 0.162. The van der Waals surface area contributed by atoms with Crippen LogP contribution < -0.4 is 5.73 Å². The van der Waals surface area contributed by atoms with E-state index in [1.54, 1.807) is 12.1 Å². The Labute approximate surface area is 116 Å². The van der Waals surface area contributed by atoms with Gasteiger partial charge in [0.15, 0.2) is 0 Å². The van der Waals surface area contributed by atoms with E-state index >= 15 is 0 Å². The minimum atomic E-state index is 0.339. The number of benzene rings is 1. The predicted molar refractivity (Wildman–Crippen MR) is 79.2 cm³/mol. The highest BCUT2D eigenvalue weighted by atomic mass is 16.3. The second kappa shape index (κ2) is 6.40. The third-order valence-electron chi connectivity index (χ3n) is 4.41. The Morgan fingerprint density at radius 2 is 1.95 bits per heavy atom. The van der Waals surface area contributed by atoms with E-state index in [1.165, 1.54) is 18.4 Å². The highest BCUT2D eigenvalue weighted by Crippen LogP contribution is 2.35. The van der Waals surface area contributed by atoms with Crippen LogP contribution in [0.1, 0.15) is 31.7 Å². The van der Waals surface area contributed by atoms with Gasteiger partial charge in [-0.15, -0.1) is 0 Å². The normalized spacial score (nSPS) is 18.5. The molecule has 2 rings (SSSR count). The van der Waals surface area contributed by atoms with E-state index in [1.807, 2.05) is 12.1 Å². The highest BCUT2D eigenvalue weighted by Gasteiger charge is 2.34. The van der Waals surface area contributed by atoms with Crippen LogP contribution >= 0.6 is 0 Å². The van der Waals surface area contributed by atoms with Crippen LogP contribution in [-0.2, 0) is 6.42 Å². The number of nitrogens with two attached hydrogens (primary N) is 1. The first-order valence-corrected chi connectivity index (χ1v) is 7.31. The molecule has 1 aliphatic rings. The molecule has 3 N–H and O–H groups in total. The standard InChI is InChI=1S/C16H26N2O/c1-12(18(2)16(11-17)14-7-8-14)3-4-13-5-9-15(19)10-6-13/h5-6,9-10,12,14,16,19H,3-4,7-8,11,17H2,1-2H3. The largest absolute Gasteiger partial charge is 0.508 e. The Kier molecular flexibility index (Phi) is 4.83. The molecule has 19 heavy (non-hydrogen) atoms. The summed E-state index contributed by atoms with van der Waals surface area (Å²) < 4.78 is 0. The summed E-state index contributed by atoms with van der Waals surface area (Å²) >= 11 is 0. The molecular formula is C16H26N2O. The van der Waals surface area contributed by atoms with Crippen LogP contribution in [0.15, 0.2) is 24.3 Å². The van der Waals surface area contributed by atoms with Crippen LogP contribution in [0.5, 0.6) is 5.75 Å². The maximum Gasteiger partial charge on any atom is 0.115 e. The second-order valence-corrected chi connectivity index (χ2v) is 5.86. The van der Waals surface area contributed by atoms with Crippen molar-refractivity contribution in [3.63, 3.8) is 0 Å². The first kappa shape index (κ1) is 14.4. The van der Waals surface area contributed by atoms with Crippen LogP contribution in [0, 0.1) is 5.92 Å². The zero-order chi connectivity index (χ0) is 13.8. The van der Waals surface area contributed by atoms with Gasteiger partial charge in [-0.05, 0) is 63.3 Å². The highest BCUT2D eigenvalue weighted by molar-refractivity contribution is 5.25. The number of aryl methyl sites for hydroxylation is 1. The third kappa shape index (κ3) is 3.95. The summed E-state index contributed by atoms with van der Waals surface area (Å²) in [6, 6.07) is 8.62. The van der Waals surface area contributed by atoms with Crippen molar-refractivity contribution in [2.75, 3.05) is 13.6 Å². The fraction of sp³-hybridized carbons (Fsp3) is 0.625. The molecule has 1 aromatic carbocycles. The van der Waals surface area contributed by atoms with Crippen molar-refractivity contribution in [3.8, 4) is 5.75 Å². The number of hydrogen-bond acceptors (Lipinski definition) is 3. The fourth-order valence-electron chi connectivity index (χ4n) is 2.74. The molecule has 0 amide bonds. The van der Waals surface area contributed by atoms with Crippen molar-refractivity contribution in [1.82, 2.24) is 4.90 Å². The minimum Gasteiger partial charge on any atom is -0.508 e. The van der Waals surface area contributed by atoms with Crippen LogP contribution in [0.4, 0.5) is 0 Å². The summed E-state index contributed by atoms with van der Waals surface area (Å²) in [6.07, 6.45) is 4.87. The van der Waals surface area contributed by atoms with Crippen molar-refractivity contribution in [3.05, 3.63) is 29.8 Å². The number of hydrogen-bond donors (Lipinski definition) is 2. The lowest BCUT2D eigenvalue weighted by atomic mass is 10.0. The second-order valence-electron chi connectivity index (χ2n) is 5.86. The molecule has 0 radical (unpaired) electrons. The summed E-state index contributed by atoms with van der Waals surface area (Å²) in [4.78, 5) is 2.46. The molecule has 3 nitrogen and oxygen atoms in total. The van der Waals surface area contributed by atoms with E-state index in [0.717, 1.165) is 25.3 Å². The van der Waals surface area contributed by atoms with Gasteiger partial charge < -0.3 is 10.8 Å². The minimum absolute atomic E-state index is 0.339. The number of likely N-dealkylation sites (N-methyl/N-ethyl adjacent to an activating group) is 1. The number of phenolic OH excluding ortho intramolecular Hbond substituents is 1. The van der Waals surface area contributed by atoms with E-state index < -0.39 is 0 Å². The Morgan fingerprint density at radius 3 is 2.47 bits per heavy atom. The molecule has 0 saturated heterocycles. The summed E-state index contributed by atoms with van der Waals surface area (Å²) in [5.74, 6) is 1.16. The van der Waals surface area contributed by atoms with E-state index in [2.05, 4.69) is 18.9 Å². The molecule has 2 atom stereocenters. The van der Waals surface area contributed by atoms with Crippen LogP contribution in [0.2, 0.25) is 0 Å². The monoisotopic (exact) mass is 262 g/mol. The summed E-state index contributed by atoms with van der Waals surface area (Å²) in [5.41, 5.74) is 7.19. The van der Waals surface area contributed by atoms with Crippen LogP contribution in [0.25, 0.3) is 0 Å². The van der Waals surface area contributed by atoms with Crippen molar-refractivity contribution < 1.29 is 5.11 Å². The van der Waals surface area contributed by atoms with E-state index in [4.69, 9.17) is 5.73 Å². The molecule has 0 spiro atoms. The molecule has 1 saturated carbocycles. The number of rotatable bonds is 7. The molecule has 3 heteroatoms. The van der Waals surface area contributed by atoms with Gasteiger partial charge in [-0.3, -0.25) is 4.90 Å². The smallest absolute Gasteiger partial charge is 0.115 e. The molecule has 1 aliphatic carbocycles. The molecule has 0 aliphatic heterocycles. The van der Waals surface area contributed by atoms with Crippen LogP contribution in [-0.4, -0.2) is 35.7 Å². The summed E-state index contributed by atoms with van der Waals surface area (Å²) in [6.45, 7) is 3.05. The average molecular weight is 262 g/mol. The fourth-order valence-corrected chi connectivity index (χ4v) is 2.74. The third-order valence-corrected chi connectivity index (χ3v) is 4.41. The Balaban J connectivity index is 1.82. The van der Waals surface area contributed by atoms with Gasteiger partial charge in [0.25, 0.3) is 0 Å². The molecule has 2 unspecified atom stereocenters. The van der Waals surface area contributed by atoms with Crippen molar-refractivity contribution >= 4 is 0 Å². The zero-order valence-electron chi connectivity index (χ0n) is 12.0. The van der Waals surface area contributed by atoms with Gasteiger partial charge in [0, 0.05) is 18.6 Å². The van der Waals surface area contributed by atoms with Gasteiger partial charge in [0.05, 0.1) is 0 Å². The Bertz CT molecular complexity index is 386.